The van der Waals surface area contributed by atoms with Crippen LogP contribution in [0.15, 0.2) is 24.3 Å². The van der Waals surface area contributed by atoms with Gasteiger partial charge in [0.15, 0.2) is 0 Å². The Bertz CT molecular complexity index is 713. The van der Waals surface area contributed by atoms with E-state index in [9.17, 15) is 16.8 Å². The predicted molar refractivity (Wildman–Crippen MR) is 83.6 cm³/mol. The third-order valence-corrected chi connectivity index (χ3v) is 6.33. The predicted octanol–water partition coefficient (Wildman–Crippen LogP) is 0.359. The van der Waals surface area contributed by atoms with Gasteiger partial charge in [0.25, 0.3) is 0 Å². The third kappa shape index (κ3) is 4.18. The van der Waals surface area contributed by atoms with Gasteiger partial charge in [0.2, 0.25) is 10.0 Å². The molecule has 1 N–H and O–H groups in total. The first-order valence-electron chi connectivity index (χ1n) is 6.68. The lowest BCUT2D eigenvalue weighted by Gasteiger charge is -2.25. The number of sulfonamides is 1. The molecule has 0 saturated carbocycles. The quantitative estimate of drug-likeness (QED) is 0.861. The van der Waals surface area contributed by atoms with Crippen LogP contribution in [0.3, 0.4) is 0 Å². The van der Waals surface area contributed by atoms with Crippen LogP contribution in [-0.4, -0.2) is 47.2 Å². The van der Waals surface area contributed by atoms with E-state index in [-0.39, 0.29) is 11.8 Å². The lowest BCUT2D eigenvalue weighted by Crippen LogP contribution is -2.41. The second-order valence-corrected chi connectivity index (χ2v) is 9.66. The summed E-state index contributed by atoms with van der Waals surface area (Å²) in [6.45, 7) is 2.80. The Morgan fingerprint density at radius 3 is 2.52 bits per heavy atom. The van der Waals surface area contributed by atoms with E-state index < -0.39 is 25.6 Å². The summed E-state index contributed by atoms with van der Waals surface area (Å²) in [6, 6.07) is 7.27. The van der Waals surface area contributed by atoms with Gasteiger partial charge in [0.05, 0.1) is 17.2 Å². The van der Waals surface area contributed by atoms with Gasteiger partial charge in [0, 0.05) is 25.4 Å². The SMILES string of the molecule is CC1CN(S(=O)(=O)CCS(C)(=O)=O)c2ccccc2CN1. The highest BCUT2D eigenvalue weighted by molar-refractivity contribution is 7.95. The van der Waals surface area contributed by atoms with E-state index in [1.54, 1.807) is 12.1 Å². The van der Waals surface area contributed by atoms with Crippen molar-refractivity contribution in [2.45, 2.75) is 19.5 Å². The largest absolute Gasteiger partial charge is 0.308 e. The number of sulfone groups is 1. The fourth-order valence-electron chi connectivity index (χ4n) is 2.23. The van der Waals surface area contributed by atoms with Gasteiger partial charge in [-0.3, -0.25) is 4.31 Å². The van der Waals surface area contributed by atoms with Crippen molar-refractivity contribution in [3.05, 3.63) is 29.8 Å². The molecule has 6 nitrogen and oxygen atoms in total. The van der Waals surface area contributed by atoms with Crippen LogP contribution in [0.4, 0.5) is 5.69 Å². The number of benzene rings is 1. The van der Waals surface area contributed by atoms with Crippen molar-refractivity contribution in [1.29, 1.82) is 0 Å². The normalized spacial score (nSPS) is 19.9. The van der Waals surface area contributed by atoms with Crippen LogP contribution in [0.2, 0.25) is 0 Å². The maximum absolute atomic E-state index is 12.5. The highest BCUT2D eigenvalue weighted by Gasteiger charge is 2.29. The monoisotopic (exact) mass is 332 g/mol. The first kappa shape index (κ1) is 16.3. The molecule has 0 radical (unpaired) electrons. The summed E-state index contributed by atoms with van der Waals surface area (Å²) in [5.74, 6) is -0.761. The summed E-state index contributed by atoms with van der Waals surface area (Å²) in [5.41, 5.74) is 1.52. The van der Waals surface area contributed by atoms with Crippen LogP contribution < -0.4 is 9.62 Å². The molecule has 1 aromatic carbocycles. The van der Waals surface area contributed by atoms with Crippen molar-refractivity contribution in [2.75, 3.05) is 28.6 Å². The third-order valence-electron chi connectivity index (χ3n) is 3.39. The van der Waals surface area contributed by atoms with Gasteiger partial charge in [-0.05, 0) is 18.6 Å². The topological polar surface area (TPSA) is 83.6 Å². The van der Waals surface area contributed by atoms with Crippen molar-refractivity contribution in [3.63, 3.8) is 0 Å². The molecule has 1 aliphatic heterocycles. The minimum absolute atomic E-state index is 0.00888. The van der Waals surface area contributed by atoms with Crippen LogP contribution >= 0.6 is 0 Å². The summed E-state index contributed by atoms with van der Waals surface area (Å²) < 4.78 is 48.9. The fraction of sp³-hybridized carbons (Fsp3) is 0.538. The van der Waals surface area contributed by atoms with Crippen LogP contribution in [0.5, 0.6) is 0 Å². The second kappa shape index (κ2) is 5.94. The Kier molecular flexibility index (Phi) is 4.60. The van der Waals surface area contributed by atoms with Gasteiger partial charge in [-0.2, -0.15) is 0 Å². The number of anilines is 1. The van der Waals surface area contributed by atoms with Crippen LogP contribution in [0.25, 0.3) is 0 Å². The molecule has 0 saturated heterocycles. The van der Waals surface area contributed by atoms with E-state index >= 15 is 0 Å². The zero-order chi connectivity index (χ0) is 15.7. The Morgan fingerprint density at radius 2 is 1.86 bits per heavy atom. The summed E-state index contributed by atoms with van der Waals surface area (Å²) in [5, 5.41) is 3.25. The van der Waals surface area contributed by atoms with E-state index in [0.29, 0.717) is 18.8 Å². The molecule has 2 rings (SSSR count). The van der Waals surface area contributed by atoms with Crippen molar-refractivity contribution < 1.29 is 16.8 Å². The summed E-state index contributed by atoms with van der Waals surface area (Å²) in [6.07, 6.45) is 1.04. The lowest BCUT2D eigenvalue weighted by atomic mass is 10.2. The summed E-state index contributed by atoms with van der Waals surface area (Å²) in [4.78, 5) is 0. The van der Waals surface area contributed by atoms with Gasteiger partial charge in [-0.15, -0.1) is 0 Å². The highest BCUT2D eigenvalue weighted by Crippen LogP contribution is 2.26. The van der Waals surface area contributed by atoms with Gasteiger partial charge in [-0.25, -0.2) is 16.8 Å². The number of hydrogen-bond acceptors (Lipinski definition) is 5. The first-order valence-corrected chi connectivity index (χ1v) is 10.4. The zero-order valence-corrected chi connectivity index (χ0v) is 13.7. The molecule has 0 aromatic heterocycles. The number of nitrogens with one attached hydrogen (secondary N) is 1. The average molecular weight is 332 g/mol. The van der Waals surface area contributed by atoms with Crippen molar-refractivity contribution in [1.82, 2.24) is 5.32 Å². The Labute approximate surface area is 126 Å². The lowest BCUT2D eigenvalue weighted by molar-refractivity contribution is 0.556. The molecule has 21 heavy (non-hydrogen) atoms. The molecular formula is C13H20N2O4S2. The summed E-state index contributed by atoms with van der Waals surface area (Å²) >= 11 is 0. The zero-order valence-electron chi connectivity index (χ0n) is 12.1. The first-order chi connectivity index (χ1) is 9.69. The minimum atomic E-state index is -3.67. The molecule has 1 heterocycles. The van der Waals surface area contributed by atoms with Crippen LogP contribution in [0, 0.1) is 0 Å². The molecule has 1 unspecified atom stereocenters. The molecule has 118 valence electrons. The number of fused-ring (bicyclic) bond motifs is 1. The number of hydrogen-bond donors (Lipinski definition) is 1. The van der Waals surface area contributed by atoms with Crippen molar-refractivity contribution in [2.24, 2.45) is 0 Å². The van der Waals surface area contributed by atoms with Crippen molar-refractivity contribution >= 4 is 25.5 Å². The number of nitrogens with zero attached hydrogens (tertiary/aromatic N) is 1. The maximum atomic E-state index is 12.5. The standard InChI is InChI=1S/C13H20N2O4S2/c1-11-10-15(21(18,19)8-7-20(2,16)17)13-6-4-3-5-12(13)9-14-11/h3-6,11,14H,7-10H2,1-2H3. The number of para-hydroxylation sites is 1. The maximum Gasteiger partial charge on any atom is 0.236 e. The van der Waals surface area contributed by atoms with Crippen molar-refractivity contribution in [3.8, 4) is 0 Å². The van der Waals surface area contributed by atoms with Gasteiger partial charge < -0.3 is 5.32 Å². The van der Waals surface area contributed by atoms with Crippen LogP contribution in [0.1, 0.15) is 12.5 Å². The molecule has 1 aromatic rings. The molecule has 1 aliphatic rings. The van der Waals surface area contributed by atoms with Gasteiger partial charge >= 0.3 is 0 Å². The molecule has 0 fully saturated rings. The second-order valence-electron chi connectivity index (χ2n) is 5.39. The van der Waals surface area contributed by atoms with E-state index in [1.807, 2.05) is 19.1 Å². The van der Waals surface area contributed by atoms with E-state index in [4.69, 9.17) is 0 Å². The fourth-order valence-corrected chi connectivity index (χ4v) is 5.43. The number of rotatable bonds is 4. The van der Waals surface area contributed by atoms with E-state index in [1.165, 1.54) is 4.31 Å². The smallest absolute Gasteiger partial charge is 0.236 e. The molecule has 0 aliphatic carbocycles. The van der Waals surface area contributed by atoms with Crippen LogP contribution in [-0.2, 0) is 26.4 Å². The highest BCUT2D eigenvalue weighted by atomic mass is 32.2. The molecule has 0 spiro atoms. The van der Waals surface area contributed by atoms with E-state index in [0.717, 1.165) is 11.8 Å². The Hall–Kier alpha value is -1.12. The molecule has 0 amide bonds. The minimum Gasteiger partial charge on any atom is -0.308 e. The molecule has 8 heteroatoms. The average Bonchev–Trinajstić information content (AvgIpc) is 2.56. The molecule has 0 bridgehead atoms. The summed E-state index contributed by atoms with van der Waals surface area (Å²) in [7, 11) is -6.99. The molecule has 1 atom stereocenters. The van der Waals surface area contributed by atoms with E-state index in [2.05, 4.69) is 5.32 Å². The van der Waals surface area contributed by atoms with Gasteiger partial charge in [0.1, 0.15) is 9.84 Å². The Morgan fingerprint density at radius 1 is 1.19 bits per heavy atom. The Balaban J connectivity index is 2.36. The van der Waals surface area contributed by atoms with Gasteiger partial charge in [-0.1, -0.05) is 18.2 Å². The molecular weight excluding hydrogens is 312 g/mol.